The van der Waals surface area contributed by atoms with Gasteiger partial charge in [0.15, 0.2) is 5.52 Å². The van der Waals surface area contributed by atoms with Gasteiger partial charge in [-0.05, 0) is 36.8 Å². The minimum Gasteiger partial charge on any atom is -0.237 e. The van der Waals surface area contributed by atoms with Gasteiger partial charge in [0.25, 0.3) is 5.82 Å². The second kappa shape index (κ2) is 5.84. The van der Waals surface area contributed by atoms with Crippen molar-refractivity contribution in [2.45, 2.75) is 6.92 Å². The minimum absolute atomic E-state index is 0.220. The minimum atomic E-state index is -0.220. The summed E-state index contributed by atoms with van der Waals surface area (Å²) in [7, 11) is 2.02. The lowest BCUT2D eigenvalue weighted by atomic mass is 10.1. The lowest BCUT2D eigenvalue weighted by Gasteiger charge is -2.07. The van der Waals surface area contributed by atoms with E-state index in [1.165, 1.54) is 27.9 Å². The number of aromatic nitrogens is 3. The van der Waals surface area contributed by atoms with Crippen molar-refractivity contribution in [1.29, 1.82) is 0 Å². The van der Waals surface area contributed by atoms with E-state index in [1.807, 2.05) is 19.4 Å². The quantitative estimate of drug-likeness (QED) is 0.320. The molecule has 0 atom stereocenters. The predicted molar refractivity (Wildman–Crippen MR) is 117 cm³/mol. The SMILES string of the molecule is Cc1cccc2c3ccccc3n(-c3c4sc5cc(F)ccc5c4nc[n+]3C)c12. The highest BCUT2D eigenvalue weighted by Gasteiger charge is 2.25. The molecule has 3 nitrogen and oxygen atoms in total. The number of hydrogen-bond acceptors (Lipinski definition) is 2. The zero-order chi connectivity index (χ0) is 19.7. The summed E-state index contributed by atoms with van der Waals surface area (Å²) in [6.45, 7) is 2.15. The standard InChI is InChI=1S/C24H17FN3S/c1-14-6-5-8-17-16-7-3-4-9-19(16)28(22(14)17)24-23-21(26-13-27(24)2)18-11-10-15(25)12-20(18)29-23/h3-13H,1-2H3/q+1. The molecular weight excluding hydrogens is 381 g/mol. The first-order chi connectivity index (χ1) is 14.1. The average Bonchev–Trinajstić information content (AvgIpc) is 3.24. The van der Waals surface area contributed by atoms with E-state index in [9.17, 15) is 4.39 Å². The lowest BCUT2D eigenvalue weighted by molar-refractivity contribution is -0.667. The molecule has 0 saturated heterocycles. The first-order valence-electron chi connectivity index (χ1n) is 9.49. The van der Waals surface area contributed by atoms with Crippen LogP contribution in [0.1, 0.15) is 5.56 Å². The molecule has 140 valence electrons. The number of para-hydroxylation sites is 2. The Morgan fingerprint density at radius 2 is 1.79 bits per heavy atom. The molecule has 0 saturated carbocycles. The Kier molecular flexibility index (Phi) is 3.35. The van der Waals surface area contributed by atoms with Gasteiger partial charge < -0.3 is 0 Å². The maximum Gasteiger partial charge on any atom is 0.254 e. The summed E-state index contributed by atoms with van der Waals surface area (Å²) in [5.41, 5.74) is 4.48. The maximum absolute atomic E-state index is 13.9. The second-order valence-corrected chi connectivity index (χ2v) is 8.48. The lowest BCUT2D eigenvalue weighted by Crippen LogP contribution is -2.34. The van der Waals surface area contributed by atoms with Gasteiger partial charge in [0, 0.05) is 20.9 Å². The zero-order valence-corrected chi connectivity index (χ0v) is 16.8. The van der Waals surface area contributed by atoms with Crippen LogP contribution in [0.2, 0.25) is 0 Å². The highest BCUT2D eigenvalue weighted by Crippen LogP contribution is 2.39. The number of hydrogen-bond donors (Lipinski definition) is 0. The molecule has 6 aromatic rings. The summed E-state index contributed by atoms with van der Waals surface area (Å²) in [6, 6.07) is 19.9. The molecule has 0 radical (unpaired) electrons. The molecule has 0 fully saturated rings. The van der Waals surface area contributed by atoms with E-state index in [0.29, 0.717) is 0 Å². The molecule has 3 heterocycles. The van der Waals surface area contributed by atoms with Gasteiger partial charge >= 0.3 is 0 Å². The maximum atomic E-state index is 13.9. The fourth-order valence-corrected chi connectivity index (χ4v) is 5.62. The summed E-state index contributed by atoms with van der Waals surface area (Å²) in [5, 5.41) is 3.45. The Labute approximate surface area is 170 Å². The van der Waals surface area contributed by atoms with Crippen LogP contribution >= 0.6 is 11.3 Å². The number of rotatable bonds is 1. The van der Waals surface area contributed by atoms with Crippen molar-refractivity contribution in [1.82, 2.24) is 9.55 Å². The van der Waals surface area contributed by atoms with Crippen LogP contribution in [0.5, 0.6) is 0 Å². The molecule has 0 spiro atoms. The first-order valence-corrected chi connectivity index (χ1v) is 10.3. The number of halogens is 1. The number of aryl methyl sites for hydroxylation is 2. The Morgan fingerprint density at radius 3 is 2.69 bits per heavy atom. The second-order valence-electron chi connectivity index (χ2n) is 7.42. The van der Waals surface area contributed by atoms with E-state index in [1.54, 1.807) is 17.4 Å². The highest BCUT2D eigenvalue weighted by atomic mass is 32.1. The van der Waals surface area contributed by atoms with Crippen LogP contribution in [0, 0.1) is 12.7 Å². The summed E-state index contributed by atoms with van der Waals surface area (Å²) >= 11 is 1.59. The van der Waals surface area contributed by atoms with E-state index < -0.39 is 0 Å². The van der Waals surface area contributed by atoms with E-state index >= 15 is 0 Å². The Hall–Kier alpha value is -3.31. The molecular formula is C24H17FN3S+. The fourth-order valence-electron chi connectivity index (χ4n) is 4.36. The van der Waals surface area contributed by atoms with Gasteiger partial charge in [-0.15, -0.1) is 16.3 Å². The van der Waals surface area contributed by atoms with Crippen LogP contribution in [0.4, 0.5) is 4.39 Å². The number of fused-ring (bicyclic) bond motifs is 6. The first kappa shape index (κ1) is 16.6. The van der Waals surface area contributed by atoms with Crippen LogP contribution in [-0.4, -0.2) is 9.55 Å². The Morgan fingerprint density at radius 1 is 0.966 bits per heavy atom. The van der Waals surface area contributed by atoms with E-state index in [0.717, 1.165) is 31.6 Å². The molecule has 3 aromatic carbocycles. The van der Waals surface area contributed by atoms with Gasteiger partial charge in [0.05, 0.1) is 7.05 Å². The number of nitrogens with zero attached hydrogens (tertiary/aromatic N) is 3. The van der Waals surface area contributed by atoms with Crippen molar-refractivity contribution in [3.05, 3.63) is 78.4 Å². The van der Waals surface area contributed by atoms with E-state index in [2.05, 4.69) is 63.5 Å². The van der Waals surface area contributed by atoms with Crippen molar-refractivity contribution >= 4 is 53.4 Å². The topological polar surface area (TPSA) is 21.7 Å². The highest BCUT2D eigenvalue weighted by molar-refractivity contribution is 7.26. The summed E-state index contributed by atoms with van der Waals surface area (Å²) in [6.07, 6.45) is 1.85. The third kappa shape index (κ3) is 2.22. The van der Waals surface area contributed by atoms with Gasteiger partial charge in [-0.25, -0.2) is 13.5 Å². The van der Waals surface area contributed by atoms with Crippen LogP contribution in [0.15, 0.2) is 67.0 Å². The zero-order valence-electron chi connectivity index (χ0n) is 16.0. The third-order valence-corrected chi connectivity index (χ3v) is 6.77. The summed E-state index contributed by atoms with van der Waals surface area (Å²) < 4.78 is 20.2. The van der Waals surface area contributed by atoms with E-state index in [-0.39, 0.29) is 5.82 Å². The van der Waals surface area contributed by atoms with Crippen molar-refractivity contribution in [2.75, 3.05) is 0 Å². The van der Waals surface area contributed by atoms with Crippen LogP contribution in [0.3, 0.4) is 0 Å². The molecule has 0 aliphatic carbocycles. The van der Waals surface area contributed by atoms with Crippen LogP contribution in [-0.2, 0) is 7.05 Å². The van der Waals surface area contributed by atoms with Gasteiger partial charge in [0.1, 0.15) is 21.6 Å². The predicted octanol–water partition coefficient (Wildman–Crippen LogP) is 5.82. The molecule has 0 amide bonds. The Bertz CT molecular complexity index is 1590. The van der Waals surface area contributed by atoms with Crippen molar-refractivity contribution < 1.29 is 8.96 Å². The molecule has 0 unspecified atom stereocenters. The summed E-state index contributed by atoms with van der Waals surface area (Å²) in [5.74, 6) is 0.833. The molecule has 0 aliphatic rings. The molecule has 0 N–H and O–H groups in total. The molecule has 3 aromatic heterocycles. The largest absolute Gasteiger partial charge is 0.254 e. The van der Waals surface area contributed by atoms with Crippen molar-refractivity contribution in [3.63, 3.8) is 0 Å². The molecule has 0 bridgehead atoms. The Balaban J connectivity index is 1.87. The van der Waals surface area contributed by atoms with Crippen molar-refractivity contribution in [3.8, 4) is 5.82 Å². The van der Waals surface area contributed by atoms with Gasteiger partial charge in [-0.1, -0.05) is 36.4 Å². The molecule has 29 heavy (non-hydrogen) atoms. The molecule has 0 aliphatic heterocycles. The molecule has 6 rings (SSSR count). The number of benzene rings is 3. The van der Waals surface area contributed by atoms with Gasteiger partial charge in [-0.2, -0.15) is 0 Å². The summed E-state index contributed by atoms with van der Waals surface area (Å²) in [4.78, 5) is 4.69. The van der Waals surface area contributed by atoms with Gasteiger partial charge in [-0.3, -0.25) is 0 Å². The number of thiophene rings is 1. The van der Waals surface area contributed by atoms with Crippen LogP contribution < -0.4 is 4.57 Å². The molecule has 5 heteroatoms. The average molecular weight is 398 g/mol. The smallest absolute Gasteiger partial charge is 0.237 e. The van der Waals surface area contributed by atoms with Crippen molar-refractivity contribution in [2.24, 2.45) is 7.05 Å². The third-order valence-electron chi connectivity index (χ3n) is 5.63. The van der Waals surface area contributed by atoms with Crippen LogP contribution in [0.25, 0.3) is 47.9 Å². The normalized spacial score (nSPS) is 12.0. The fraction of sp³-hybridized carbons (Fsp3) is 0.0833. The van der Waals surface area contributed by atoms with Gasteiger partial charge in [0.2, 0.25) is 6.33 Å². The monoisotopic (exact) mass is 398 g/mol. The van der Waals surface area contributed by atoms with E-state index in [4.69, 9.17) is 0 Å².